The van der Waals surface area contributed by atoms with Gasteiger partial charge >= 0.3 is 0 Å². The molecule has 0 saturated heterocycles. The molecule has 0 aliphatic carbocycles. The standard InChI is InChI=1S/C12H19NO/c1-4-14-9-12(13-3)11-8-6-5-7-10(11)2/h5-8,12-13H,4,9H2,1-3H3. The molecule has 0 fully saturated rings. The van der Waals surface area contributed by atoms with Crippen LogP contribution in [0.3, 0.4) is 0 Å². The van der Waals surface area contributed by atoms with Crippen LogP contribution in [0.25, 0.3) is 0 Å². The molecule has 0 aliphatic heterocycles. The minimum absolute atomic E-state index is 0.302. The van der Waals surface area contributed by atoms with Gasteiger partial charge in [0.15, 0.2) is 0 Å². The Labute approximate surface area is 86.3 Å². The number of hydrogen-bond donors (Lipinski definition) is 1. The number of hydrogen-bond acceptors (Lipinski definition) is 2. The molecule has 78 valence electrons. The van der Waals surface area contributed by atoms with Gasteiger partial charge in [0.25, 0.3) is 0 Å². The molecule has 1 rings (SSSR count). The first-order chi connectivity index (χ1) is 6.79. The Kier molecular flexibility index (Phi) is 4.63. The normalized spacial score (nSPS) is 12.8. The van der Waals surface area contributed by atoms with Crippen molar-refractivity contribution in [3.05, 3.63) is 35.4 Å². The molecule has 0 radical (unpaired) electrons. The first-order valence-electron chi connectivity index (χ1n) is 5.10. The van der Waals surface area contributed by atoms with Crippen LogP contribution in [0.5, 0.6) is 0 Å². The third kappa shape index (κ3) is 2.82. The lowest BCUT2D eigenvalue weighted by molar-refractivity contribution is 0.125. The molecule has 1 atom stereocenters. The van der Waals surface area contributed by atoms with Gasteiger partial charge in [-0.05, 0) is 32.0 Å². The molecule has 0 aliphatic rings. The minimum atomic E-state index is 0.302. The highest BCUT2D eigenvalue weighted by molar-refractivity contribution is 5.28. The van der Waals surface area contributed by atoms with Crippen molar-refractivity contribution >= 4 is 0 Å². The second kappa shape index (κ2) is 5.78. The molecule has 1 unspecified atom stereocenters. The van der Waals surface area contributed by atoms with Gasteiger partial charge in [0.1, 0.15) is 0 Å². The van der Waals surface area contributed by atoms with E-state index in [-0.39, 0.29) is 0 Å². The average Bonchev–Trinajstić information content (AvgIpc) is 2.21. The lowest BCUT2D eigenvalue weighted by Gasteiger charge is -2.18. The fourth-order valence-electron chi connectivity index (χ4n) is 1.54. The summed E-state index contributed by atoms with van der Waals surface area (Å²) in [5.41, 5.74) is 2.63. The van der Waals surface area contributed by atoms with Crippen molar-refractivity contribution in [2.45, 2.75) is 19.9 Å². The second-order valence-electron chi connectivity index (χ2n) is 3.36. The highest BCUT2D eigenvalue weighted by atomic mass is 16.5. The van der Waals surface area contributed by atoms with E-state index >= 15 is 0 Å². The van der Waals surface area contributed by atoms with Gasteiger partial charge in [0.05, 0.1) is 12.6 Å². The lowest BCUT2D eigenvalue weighted by Crippen LogP contribution is -2.22. The van der Waals surface area contributed by atoms with Crippen LogP contribution in [0.15, 0.2) is 24.3 Å². The minimum Gasteiger partial charge on any atom is -0.380 e. The quantitative estimate of drug-likeness (QED) is 0.774. The van der Waals surface area contributed by atoms with Gasteiger partial charge in [-0.25, -0.2) is 0 Å². The SMILES string of the molecule is CCOCC(NC)c1ccccc1C. The van der Waals surface area contributed by atoms with Crippen molar-refractivity contribution in [1.29, 1.82) is 0 Å². The first-order valence-corrected chi connectivity index (χ1v) is 5.10. The number of benzene rings is 1. The number of likely N-dealkylation sites (N-methyl/N-ethyl adjacent to an activating group) is 1. The highest BCUT2D eigenvalue weighted by Crippen LogP contribution is 2.16. The lowest BCUT2D eigenvalue weighted by atomic mass is 10.0. The van der Waals surface area contributed by atoms with E-state index < -0.39 is 0 Å². The molecule has 0 saturated carbocycles. The molecule has 1 aromatic rings. The van der Waals surface area contributed by atoms with Crippen LogP contribution in [0, 0.1) is 6.92 Å². The Bertz CT molecular complexity index is 273. The van der Waals surface area contributed by atoms with Gasteiger partial charge in [0, 0.05) is 6.61 Å². The molecule has 0 amide bonds. The van der Waals surface area contributed by atoms with Crippen LogP contribution in [0.2, 0.25) is 0 Å². The molecule has 0 heterocycles. The largest absolute Gasteiger partial charge is 0.380 e. The number of ether oxygens (including phenoxy) is 1. The zero-order valence-electron chi connectivity index (χ0n) is 9.21. The van der Waals surface area contributed by atoms with E-state index in [4.69, 9.17) is 4.74 Å². The van der Waals surface area contributed by atoms with Gasteiger partial charge in [-0.2, -0.15) is 0 Å². The Morgan fingerprint density at radius 3 is 2.64 bits per heavy atom. The third-order valence-electron chi connectivity index (χ3n) is 2.40. The maximum atomic E-state index is 5.43. The summed E-state index contributed by atoms with van der Waals surface area (Å²) in [6, 6.07) is 8.71. The van der Waals surface area contributed by atoms with E-state index in [1.54, 1.807) is 0 Å². The third-order valence-corrected chi connectivity index (χ3v) is 2.40. The van der Waals surface area contributed by atoms with E-state index in [0.717, 1.165) is 13.2 Å². The Balaban J connectivity index is 2.73. The molecular weight excluding hydrogens is 174 g/mol. The van der Waals surface area contributed by atoms with Crippen molar-refractivity contribution < 1.29 is 4.74 Å². The number of nitrogens with one attached hydrogen (secondary N) is 1. The van der Waals surface area contributed by atoms with Crippen molar-refractivity contribution in [1.82, 2.24) is 5.32 Å². The maximum Gasteiger partial charge on any atom is 0.0661 e. The summed E-state index contributed by atoms with van der Waals surface area (Å²) in [7, 11) is 1.97. The zero-order chi connectivity index (χ0) is 10.4. The van der Waals surface area contributed by atoms with Gasteiger partial charge in [0.2, 0.25) is 0 Å². The molecule has 0 spiro atoms. The van der Waals surface area contributed by atoms with E-state index in [1.165, 1.54) is 11.1 Å². The summed E-state index contributed by atoms with van der Waals surface area (Å²) in [5, 5.41) is 3.27. The van der Waals surface area contributed by atoms with Gasteiger partial charge in [-0.1, -0.05) is 24.3 Å². The zero-order valence-corrected chi connectivity index (χ0v) is 9.21. The van der Waals surface area contributed by atoms with Gasteiger partial charge < -0.3 is 10.1 Å². The first kappa shape index (κ1) is 11.2. The fraction of sp³-hybridized carbons (Fsp3) is 0.500. The van der Waals surface area contributed by atoms with Gasteiger partial charge in [-0.3, -0.25) is 0 Å². The molecule has 2 heteroatoms. The van der Waals surface area contributed by atoms with Crippen LogP contribution >= 0.6 is 0 Å². The molecular formula is C12H19NO. The van der Waals surface area contributed by atoms with E-state index in [9.17, 15) is 0 Å². The molecule has 14 heavy (non-hydrogen) atoms. The number of rotatable bonds is 5. The van der Waals surface area contributed by atoms with Crippen molar-refractivity contribution in [3.8, 4) is 0 Å². The molecule has 2 nitrogen and oxygen atoms in total. The topological polar surface area (TPSA) is 21.3 Å². The summed E-state index contributed by atoms with van der Waals surface area (Å²) in [5.74, 6) is 0. The summed E-state index contributed by atoms with van der Waals surface area (Å²) in [6.45, 7) is 5.65. The van der Waals surface area contributed by atoms with E-state index in [2.05, 4.69) is 36.5 Å². The van der Waals surface area contributed by atoms with E-state index in [1.807, 2.05) is 14.0 Å². The summed E-state index contributed by atoms with van der Waals surface area (Å²) >= 11 is 0. The number of aryl methyl sites for hydroxylation is 1. The predicted molar refractivity (Wildman–Crippen MR) is 59.5 cm³/mol. The predicted octanol–water partition coefficient (Wildman–Crippen LogP) is 2.29. The van der Waals surface area contributed by atoms with Crippen LogP contribution in [-0.4, -0.2) is 20.3 Å². The highest BCUT2D eigenvalue weighted by Gasteiger charge is 2.10. The van der Waals surface area contributed by atoms with Crippen LogP contribution in [-0.2, 0) is 4.74 Å². The van der Waals surface area contributed by atoms with Crippen molar-refractivity contribution in [2.24, 2.45) is 0 Å². The summed E-state index contributed by atoms with van der Waals surface area (Å²) in [6.07, 6.45) is 0. The van der Waals surface area contributed by atoms with Crippen LogP contribution in [0.4, 0.5) is 0 Å². The van der Waals surface area contributed by atoms with Gasteiger partial charge in [-0.15, -0.1) is 0 Å². The molecule has 0 aromatic heterocycles. The average molecular weight is 193 g/mol. The monoisotopic (exact) mass is 193 g/mol. The molecule has 1 N–H and O–H groups in total. The maximum absolute atomic E-state index is 5.43. The molecule has 0 bridgehead atoms. The molecule has 1 aromatic carbocycles. The van der Waals surface area contributed by atoms with Crippen LogP contribution < -0.4 is 5.32 Å². The fourth-order valence-corrected chi connectivity index (χ4v) is 1.54. The van der Waals surface area contributed by atoms with Crippen molar-refractivity contribution in [2.75, 3.05) is 20.3 Å². The smallest absolute Gasteiger partial charge is 0.0661 e. The van der Waals surface area contributed by atoms with E-state index in [0.29, 0.717) is 6.04 Å². The van der Waals surface area contributed by atoms with Crippen molar-refractivity contribution in [3.63, 3.8) is 0 Å². The Hall–Kier alpha value is -0.860. The second-order valence-corrected chi connectivity index (χ2v) is 3.36. The Morgan fingerprint density at radius 1 is 1.36 bits per heavy atom. The summed E-state index contributed by atoms with van der Waals surface area (Å²) in [4.78, 5) is 0. The van der Waals surface area contributed by atoms with Crippen LogP contribution in [0.1, 0.15) is 24.1 Å². The Morgan fingerprint density at radius 2 is 2.07 bits per heavy atom. The summed E-state index contributed by atoms with van der Waals surface area (Å²) < 4.78 is 5.43.